The maximum absolute atomic E-state index is 10.2. The summed E-state index contributed by atoms with van der Waals surface area (Å²) in [5.74, 6) is -1.02. The van der Waals surface area contributed by atoms with Crippen LogP contribution in [-0.2, 0) is 4.79 Å². The van der Waals surface area contributed by atoms with Crippen molar-refractivity contribution in [1.82, 2.24) is 0 Å². The lowest BCUT2D eigenvalue weighted by molar-refractivity contribution is -0.138. The van der Waals surface area contributed by atoms with E-state index in [1.54, 1.807) is 0 Å². The second-order valence-electron chi connectivity index (χ2n) is 2.23. The minimum atomic E-state index is -1.02. The number of hydrogen-bond acceptors (Lipinski definition) is 4. The Balaban J connectivity index is 3.66. The first kappa shape index (κ1) is 10.5. The van der Waals surface area contributed by atoms with E-state index in [9.17, 15) is 4.79 Å². The van der Waals surface area contributed by atoms with E-state index < -0.39 is 12.0 Å². The van der Waals surface area contributed by atoms with Crippen molar-refractivity contribution in [1.29, 1.82) is 0 Å². The first-order chi connectivity index (χ1) is 5.07. The molecule has 1 atom stereocenters. The largest absolute Gasteiger partial charge is 0.480 e. The van der Waals surface area contributed by atoms with Crippen LogP contribution in [0.15, 0.2) is 0 Å². The second kappa shape index (κ2) is 5.17. The quantitative estimate of drug-likeness (QED) is 0.492. The minimum absolute atomic E-state index is 0.238. The highest BCUT2D eigenvalue weighted by Gasteiger charge is 2.12. The van der Waals surface area contributed by atoms with E-state index in [1.807, 2.05) is 0 Å². The number of carbonyl (C=O) groups is 1. The summed E-state index contributed by atoms with van der Waals surface area (Å²) in [6, 6.07) is -0.881. The van der Waals surface area contributed by atoms with Gasteiger partial charge in [0, 0.05) is 6.42 Å². The van der Waals surface area contributed by atoms with Gasteiger partial charge in [-0.1, -0.05) is 12.2 Å². The molecule has 0 amide bonds. The molecule has 11 heavy (non-hydrogen) atoms. The monoisotopic (exact) mass is 176 g/mol. The van der Waals surface area contributed by atoms with Gasteiger partial charge >= 0.3 is 5.97 Å². The number of aliphatic carboxylic acids is 1. The third kappa shape index (κ3) is 4.83. The molecule has 0 unspecified atom stereocenters. The molecular weight excluding hydrogens is 164 g/mol. The van der Waals surface area contributed by atoms with Crippen LogP contribution in [0.25, 0.3) is 0 Å². The highest BCUT2D eigenvalue weighted by molar-refractivity contribution is 7.80. The highest BCUT2D eigenvalue weighted by Crippen LogP contribution is 1.96. The zero-order valence-corrected chi connectivity index (χ0v) is 6.93. The normalized spacial score (nSPS) is 12.5. The van der Waals surface area contributed by atoms with Crippen molar-refractivity contribution >= 4 is 23.1 Å². The first-order valence-electron chi connectivity index (χ1n) is 3.28. The van der Waals surface area contributed by atoms with Crippen LogP contribution in [-0.4, -0.2) is 28.5 Å². The van der Waals surface area contributed by atoms with Crippen molar-refractivity contribution in [3.05, 3.63) is 0 Å². The van der Waals surface area contributed by atoms with Crippen LogP contribution >= 0.6 is 12.2 Å². The van der Waals surface area contributed by atoms with E-state index in [4.69, 9.17) is 28.8 Å². The Morgan fingerprint density at radius 3 is 2.55 bits per heavy atom. The van der Waals surface area contributed by atoms with Gasteiger partial charge in [-0.05, 0) is 17.8 Å². The van der Waals surface area contributed by atoms with Gasteiger partial charge in [0.1, 0.15) is 6.04 Å². The molecule has 0 fully saturated rings. The maximum Gasteiger partial charge on any atom is 0.320 e. The average Bonchev–Trinajstić information content (AvgIpc) is 1.87. The summed E-state index contributed by atoms with van der Waals surface area (Å²) in [6.07, 6.45) is 0.804. The minimum Gasteiger partial charge on any atom is -0.480 e. The molecule has 0 saturated carbocycles. The van der Waals surface area contributed by atoms with Crippen molar-refractivity contribution in [3.63, 3.8) is 0 Å². The smallest absolute Gasteiger partial charge is 0.320 e. The van der Waals surface area contributed by atoms with Crippen LogP contribution < -0.4 is 11.5 Å². The van der Waals surface area contributed by atoms with Gasteiger partial charge in [-0.25, -0.2) is 0 Å². The molecule has 4 nitrogen and oxygen atoms in total. The van der Waals surface area contributed by atoms with E-state index in [-0.39, 0.29) is 6.42 Å². The Morgan fingerprint density at radius 1 is 1.64 bits per heavy atom. The number of hydrogen-bond donors (Lipinski definition) is 3. The van der Waals surface area contributed by atoms with Gasteiger partial charge < -0.3 is 16.6 Å². The maximum atomic E-state index is 10.2. The Kier molecular flexibility index (Phi) is 4.93. The topological polar surface area (TPSA) is 89.3 Å². The Labute approximate surface area is 70.6 Å². The number of thiocarbonyl (C=S) groups is 1. The first-order valence-corrected chi connectivity index (χ1v) is 3.69. The SMILES string of the molecule is NCCC(=S)C[C@H](N)C(=O)O. The van der Waals surface area contributed by atoms with Crippen molar-refractivity contribution in [2.24, 2.45) is 11.5 Å². The highest BCUT2D eigenvalue weighted by atomic mass is 32.1. The van der Waals surface area contributed by atoms with Crippen molar-refractivity contribution in [2.75, 3.05) is 6.54 Å². The molecule has 0 saturated heterocycles. The summed E-state index contributed by atoms with van der Waals surface area (Å²) in [4.78, 5) is 10.9. The Bertz CT molecular complexity index is 161. The summed E-state index contributed by atoms with van der Waals surface area (Å²) >= 11 is 4.83. The fraction of sp³-hybridized carbons (Fsp3) is 0.667. The number of carboxylic acids is 1. The molecule has 0 rings (SSSR count). The van der Waals surface area contributed by atoms with E-state index in [1.165, 1.54) is 0 Å². The molecule has 0 radical (unpaired) electrons. The predicted octanol–water partition coefficient (Wildman–Crippen LogP) is -0.493. The lowest BCUT2D eigenvalue weighted by Gasteiger charge is -2.05. The molecular formula is C6H12N2O2S. The predicted molar refractivity (Wildman–Crippen MR) is 46.5 cm³/mol. The van der Waals surface area contributed by atoms with Gasteiger partial charge in [0.05, 0.1) is 0 Å². The van der Waals surface area contributed by atoms with Gasteiger partial charge in [-0.3, -0.25) is 4.79 Å². The molecule has 0 aliphatic heterocycles. The zero-order valence-electron chi connectivity index (χ0n) is 6.12. The zero-order chi connectivity index (χ0) is 8.85. The Hall–Kier alpha value is -0.520. The summed E-state index contributed by atoms with van der Waals surface area (Å²) in [7, 11) is 0. The summed E-state index contributed by atoms with van der Waals surface area (Å²) in [6.45, 7) is 0.450. The molecule has 0 spiro atoms. The lowest BCUT2D eigenvalue weighted by atomic mass is 10.1. The fourth-order valence-corrected chi connectivity index (χ4v) is 0.893. The standard InChI is InChI=1S/C6H12N2O2S/c7-2-1-4(11)3-5(8)6(9)10/h5H,1-3,7-8H2,(H,9,10)/t5-/m0/s1. The number of rotatable bonds is 5. The molecule has 0 aromatic carbocycles. The summed E-state index contributed by atoms with van der Waals surface area (Å²) in [5, 5.41) is 8.38. The van der Waals surface area contributed by atoms with Gasteiger partial charge in [-0.2, -0.15) is 0 Å². The third-order valence-electron chi connectivity index (χ3n) is 1.19. The molecule has 0 aromatic heterocycles. The van der Waals surface area contributed by atoms with Crippen LogP contribution in [0.3, 0.4) is 0 Å². The fourth-order valence-electron chi connectivity index (χ4n) is 0.596. The number of carboxylic acid groups (broad SMARTS) is 1. The van der Waals surface area contributed by atoms with E-state index in [2.05, 4.69) is 0 Å². The van der Waals surface area contributed by atoms with Crippen LogP contribution in [0.2, 0.25) is 0 Å². The molecule has 64 valence electrons. The van der Waals surface area contributed by atoms with Crippen molar-refractivity contribution in [3.8, 4) is 0 Å². The van der Waals surface area contributed by atoms with E-state index in [0.29, 0.717) is 17.8 Å². The molecule has 0 aliphatic rings. The molecule has 5 N–H and O–H groups in total. The summed E-state index contributed by atoms with van der Waals surface area (Å²) in [5.41, 5.74) is 10.4. The molecule has 0 aliphatic carbocycles. The summed E-state index contributed by atoms with van der Waals surface area (Å²) < 4.78 is 0. The lowest BCUT2D eigenvalue weighted by Crippen LogP contribution is -2.32. The van der Waals surface area contributed by atoms with Gasteiger partial charge in [-0.15, -0.1) is 0 Å². The molecule has 0 aromatic rings. The second-order valence-corrected chi connectivity index (χ2v) is 2.80. The average molecular weight is 176 g/mol. The van der Waals surface area contributed by atoms with Gasteiger partial charge in [0.15, 0.2) is 0 Å². The molecule has 0 bridgehead atoms. The van der Waals surface area contributed by atoms with Crippen molar-refractivity contribution in [2.45, 2.75) is 18.9 Å². The number of nitrogens with two attached hydrogens (primary N) is 2. The molecule has 0 heterocycles. The van der Waals surface area contributed by atoms with Gasteiger partial charge in [0.25, 0.3) is 0 Å². The van der Waals surface area contributed by atoms with Crippen LogP contribution in [0.5, 0.6) is 0 Å². The third-order valence-corrected chi connectivity index (χ3v) is 1.56. The van der Waals surface area contributed by atoms with E-state index in [0.717, 1.165) is 0 Å². The Morgan fingerprint density at radius 2 is 2.18 bits per heavy atom. The van der Waals surface area contributed by atoms with Crippen molar-refractivity contribution < 1.29 is 9.90 Å². The van der Waals surface area contributed by atoms with Crippen LogP contribution in [0.1, 0.15) is 12.8 Å². The van der Waals surface area contributed by atoms with Crippen LogP contribution in [0, 0.1) is 0 Å². The van der Waals surface area contributed by atoms with E-state index >= 15 is 0 Å². The molecule has 5 heteroatoms. The van der Waals surface area contributed by atoms with Crippen LogP contribution in [0.4, 0.5) is 0 Å². The van der Waals surface area contributed by atoms with Gasteiger partial charge in [0.2, 0.25) is 0 Å².